The zero-order valence-electron chi connectivity index (χ0n) is 10.4. The van der Waals surface area contributed by atoms with E-state index in [1.54, 1.807) is 11.3 Å². The lowest BCUT2D eigenvalue weighted by Gasteiger charge is -1.96. The Morgan fingerprint density at radius 1 is 1.32 bits per heavy atom. The van der Waals surface area contributed by atoms with Gasteiger partial charge in [-0.05, 0) is 30.4 Å². The van der Waals surface area contributed by atoms with Gasteiger partial charge in [0.05, 0.1) is 17.6 Å². The summed E-state index contributed by atoms with van der Waals surface area (Å²) in [4.78, 5) is 5.48. The molecule has 2 aromatic heterocycles. The van der Waals surface area contributed by atoms with Crippen LogP contribution in [0.5, 0.6) is 0 Å². The van der Waals surface area contributed by atoms with Crippen molar-refractivity contribution in [3.63, 3.8) is 0 Å². The third kappa shape index (κ3) is 2.29. The van der Waals surface area contributed by atoms with Crippen LogP contribution in [0.15, 0.2) is 40.9 Å². The van der Waals surface area contributed by atoms with Gasteiger partial charge in [0, 0.05) is 10.7 Å². The molecule has 96 valence electrons. The third-order valence-electron chi connectivity index (χ3n) is 3.34. The van der Waals surface area contributed by atoms with E-state index in [0.29, 0.717) is 6.04 Å². The van der Waals surface area contributed by atoms with Gasteiger partial charge < -0.3 is 9.73 Å². The van der Waals surface area contributed by atoms with E-state index in [0.717, 1.165) is 23.1 Å². The monoisotopic (exact) mass is 270 g/mol. The summed E-state index contributed by atoms with van der Waals surface area (Å²) in [7, 11) is 0. The largest absolute Gasteiger partial charge is 0.438 e. The number of aromatic nitrogens is 1. The molecule has 1 aliphatic carbocycles. The first kappa shape index (κ1) is 11.2. The standard InChI is InChI=1S/C15H14N2OS/c1-2-4-13-10(3-1)7-14(19-13)12-8-17-15(18-12)9-16-11-5-6-11/h1-4,7-8,11,16H,5-6,9H2. The quantitative estimate of drug-likeness (QED) is 0.783. The lowest BCUT2D eigenvalue weighted by molar-refractivity contribution is 0.477. The third-order valence-corrected chi connectivity index (χ3v) is 4.47. The number of hydrogen-bond donors (Lipinski definition) is 1. The van der Waals surface area contributed by atoms with Gasteiger partial charge in [-0.3, -0.25) is 0 Å². The SMILES string of the molecule is c1ccc2sc(-c3cnc(CNC4CC4)o3)cc2c1. The molecule has 0 saturated heterocycles. The Kier molecular flexibility index (Phi) is 2.64. The van der Waals surface area contributed by atoms with Crippen molar-refractivity contribution >= 4 is 21.4 Å². The van der Waals surface area contributed by atoms with Gasteiger partial charge in [-0.2, -0.15) is 0 Å². The van der Waals surface area contributed by atoms with E-state index in [4.69, 9.17) is 4.42 Å². The number of rotatable bonds is 4. The minimum atomic E-state index is 0.680. The van der Waals surface area contributed by atoms with Gasteiger partial charge in [-0.25, -0.2) is 4.98 Å². The number of benzene rings is 1. The van der Waals surface area contributed by atoms with Crippen LogP contribution in [0.25, 0.3) is 20.7 Å². The minimum absolute atomic E-state index is 0.680. The molecule has 2 heterocycles. The zero-order valence-corrected chi connectivity index (χ0v) is 11.2. The maximum atomic E-state index is 5.81. The summed E-state index contributed by atoms with van der Waals surface area (Å²) in [5.74, 6) is 1.65. The molecule has 3 nitrogen and oxygen atoms in total. The fourth-order valence-corrected chi connectivity index (χ4v) is 3.14. The molecule has 0 unspecified atom stereocenters. The van der Waals surface area contributed by atoms with Crippen LogP contribution in [0, 0.1) is 0 Å². The maximum absolute atomic E-state index is 5.81. The number of hydrogen-bond acceptors (Lipinski definition) is 4. The molecule has 0 amide bonds. The van der Waals surface area contributed by atoms with Crippen LogP contribution in [0.2, 0.25) is 0 Å². The molecular weight excluding hydrogens is 256 g/mol. The summed E-state index contributed by atoms with van der Waals surface area (Å²) >= 11 is 1.75. The lowest BCUT2D eigenvalue weighted by atomic mass is 10.2. The first-order valence-electron chi connectivity index (χ1n) is 6.55. The Morgan fingerprint density at radius 2 is 2.21 bits per heavy atom. The fraction of sp³-hybridized carbons (Fsp3) is 0.267. The number of nitrogens with zero attached hydrogens (tertiary/aromatic N) is 1. The molecule has 1 aliphatic rings. The van der Waals surface area contributed by atoms with Gasteiger partial charge in [-0.1, -0.05) is 18.2 Å². The topological polar surface area (TPSA) is 38.1 Å². The van der Waals surface area contributed by atoms with Crippen LogP contribution in [0.4, 0.5) is 0 Å². The molecule has 4 heteroatoms. The van der Waals surface area contributed by atoms with Crippen LogP contribution in [0.1, 0.15) is 18.7 Å². The van der Waals surface area contributed by atoms with Gasteiger partial charge in [0.15, 0.2) is 5.76 Å². The molecule has 0 spiro atoms. The van der Waals surface area contributed by atoms with E-state index >= 15 is 0 Å². The highest BCUT2D eigenvalue weighted by atomic mass is 32.1. The molecule has 1 saturated carbocycles. The van der Waals surface area contributed by atoms with E-state index in [1.165, 1.54) is 22.9 Å². The second-order valence-electron chi connectivity index (χ2n) is 4.92. The predicted octanol–water partition coefficient (Wildman–Crippen LogP) is 3.81. The van der Waals surface area contributed by atoms with E-state index in [2.05, 4.69) is 40.6 Å². The Labute approximate surface area is 115 Å². The number of nitrogens with one attached hydrogen (secondary N) is 1. The average Bonchev–Trinajstić information content (AvgIpc) is 2.99. The van der Waals surface area contributed by atoms with Crippen LogP contribution in [0.3, 0.4) is 0 Å². The first-order chi connectivity index (χ1) is 9.38. The molecular formula is C15H14N2OS. The highest BCUT2D eigenvalue weighted by molar-refractivity contribution is 7.22. The van der Waals surface area contributed by atoms with Gasteiger partial charge in [0.25, 0.3) is 0 Å². The zero-order chi connectivity index (χ0) is 12.7. The molecule has 0 radical (unpaired) electrons. The summed E-state index contributed by atoms with van der Waals surface area (Å²) in [6.07, 6.45) is 4.39. The lowest BCUT2D eigenvalue weighted by Crippen LogP contribution is -2.15. The van der Waals surface area contributed by atoms with Gasteiger partial charge >= 0.3 is 0 Å². The highest BCUT2D eigenvalue weighted by Gasteiger charge is 2.21. The van der Waals surface area contributed by atoms with Crippen molar-refractivity contribution in [1.29, 1.82) is 0 Å². The number of oxazole rings is 1. The van der Waals surface area contributed by atoms with Crippen molar-refractivity contribution in [3.8, 4) is 10.6 Å². The molecule has 19 heavy (non-hydrogen) atoms. The molecule has 1 fully saturated rings. The summed E-state index contributed by atoms with van der Waals surface area (Å²) in [6, 6.07) is 11.2. The smallest absolute Gasteiger partial charge is 0.208 e. The average molecular weight is 270 g/mol. The Bertz CT molecular complexity index is 679. The molecule has 0 bridgehead atoms. The van der Waals surface area contributed by atoms with E-state index in [-0.39, 0.29) is 0 Å². The van der Waals surface area contributed by atoms with E-state index < -0.39 is 0 Å². The van der Waals surface area contributed by atoms with Crippen molar-refractivity contribution in [2.45, 2.75) is 25.4 Å². The predicted molar refractivity (Wildman–Crippen MR) is 77.2 cm³/mol. The van der Waals surface area contributed by atoms with Crippen molar-refractivity contribution in [2.75, 3.05) is 0 Å². The fourth-order valence-electron chi connectivity index (χ4n) is 2.13. The van der Waals surface area contributed by atoms with Gasteiger partial charge in [0.1, 0.15) is 0 Å². The van der Waals surface area contributed by atoms with Crippen LogP contribution in [-0.4, -0.2) is 11.0 Å². The summed E-state index contributed by atoms with van der Waals surface area (Å²) in [5.41, 5.74) is 0. The van der Waals surface area contributed by atoms with Crippen molar-refractivity contribution < 1.29 is 4.42 Å². The molecule has 1 aromatic carbocycles. The van der Waals surface area contributed by atoms with E-state index in [1.807, 2.05) is 6.20 Å². The highest BCUT2D eigenvalue weighted by Crippen LogP contribution is 2.33. The van der Waals surface area contributed by atoms with Gasteiger partial charge in [0.2, 0.25) is 5.89 Å². The molecule has 0 atom stereocenters. The summed E-state index contributed by atoms with van der Waals surface area (Å²) in [6.45, 7) is 0.732. The molecule has 3 aromatic rings. The maximum Gasteiger partial charge on any atom is 0.208 e. The summed E-state index contributed by atoms with van der Waals surface area (Å²) in [5, 5.41) is 4.67. The molecule has 0 aliphatic heterocycles. The second kappa shape index (κ2) is 4.47. The van der Waals surface area contributed by atoms with Gasteiger partial charge in [-0.15, -0.1) is 11.3 Å². The van der Waals surface area contributed by atoms with Crippen LogP contribution in [-0.2, 0) is 6.54 Å². The number of thiophene rings is 1. The van der Waals surface area contributed by atoms with Crippen molar-refractivity contribution in [1.82, 2.24) is 10.3 Å². The molecule has 1 N–H and O–H groups in total. The second-order valence-corrected chi connectivity index (χ2v) is 6.01. The van der Waals surface area contributed by atoms with Crippen LogP contribution >= 0.6 is 11.3 Å². The molecule has 4 rings (SSSR count). The van der Waals surface area contributed by atoms with Crippen molar-refractivity contribution in [3.05, 3.63) is 42.4 Å². The van der Waals surface area contributed by atoms with E-state index in [9.17, 15) is 0 Å². The Balaban J connectivity index is 1.60. The van der Waals surface area contributed by atoms with Crippen molar-refractivity contribution in [2.24, 2.45) is 0 Å². The number of fused-ring (bicyclic) bond motifs is 1. The van der Waals surface area contributed by atoms with Crippen LogP contribution < -0.4 is 5.32 Å². The Morgan fingerprint density at radius 3 is 3.05 bits per heavy atom. The Hall–Kier alpha value is -1.65. The minimum Gasteiger partial charge on any atom is -0.438 e. The first-order valence-corrected chi connectivity index (χ1v) is 7.37. The summed E-state index contributed by atoms with van der Waals surface area (Å²) < 4.78 is 7.10. The normalized spacial score (nSPS) is 15.2.